The molecule has 1 saturated heterocycles. The van der Waals surface area contributed by atoms with E-state index in [0.29, 0.717) is 25.8 Å². The van der Waals surface area contributed by atoms with Gasteiger partial charge in [-0.15, -0.1) is 0 Å². The molecule has 1 aliphatic rings. The van der Waals surface area contributed by atoms with Crippen LogP contribution in [-0.4, -0.2) is 35.0 Å². The van der Waals surface area contributed by atoms with Gasteiger partial charge in [-0.05, 0) is 24.8 Å². The van der Waals surface area contributed by atoms with Crippen molar-refractivity contribution in [3.05, 3.63) is 35.9 Å². The molecule has 0 aromatic heterocycles. The molecule has 0 bridgehead atoms. The molecule has 21 heavy (non-hydrogen) atoms. The van der Waals surface area contributed by atoms with Crippen LogP contribution in [0.4, 0.5) is 0 Å². The van der Waals surface area contributed by atoms with Crippen molar-refractivity contribution >= 4 is 11.9 Å². The Labute approximate surface area is 124 Å². The number of rotatable bonds is 4. The topological polar surface area (TPSA) is 83.6 Å². The van der Waals surface area contributed by atoms with Gasteiger partial charge in [0, 0.05) is 13.1 Å². The zero-order valence-corrected chi connectivity index (χ0v) is 12.3. The van der Waals surface area contributed by atoms with Crippen LogP contribution in [0.2, 0.25) is 0 Å². The van der Waals surface area contributed by atoms with E-state index in [0.717, 1.165) is 5.56 Å². The Morgan fingerprint density at radius 2 is 2.05 bits per heavy atom. The molecule has 5 heteroatoms. The molecule has 1 amide bonds. The Morgan fingerprint density at radius 3 is 2.62 bits per heavy atom. The van der Waals surface area contributed by atoms with Crippen LogP contribution in [0.5, 0.6) is 0 Å². The number of carbonyl (C=O) groups is 2. The van der Waals surface area contributed by atoms with E-state index in [1.807, 2.05) is 37.3 Å². The number of carbonyl (C=O) groups excluding carboxylic acids is 1. The Hall–Kier alpha value is -1.88. The molecular weight excluding hydrogens is 268 g/mol. The molecule has 2 atom stereocenters. The highest BCUT2D eigenvalue weighted by Crippen LogP contribution is 2.34. The molecule has 0 saturated carbocycles. The summed E-state index contributed by atoms with van der Waals surface area (Å²) in [5.74, 6) is -1.02. The largest absolute Gasteiger partial charge is 0.481 e. The summed E-state index contributed by atoms with van der Waals surface area (Å²) in [6.07, 6.45) is 1.84. The number of benzene rings is 1. The maximum atomic E-state index is 12.5. The Morgan fingerprint density at radius 1 is 1.38 bits per heavy atom. The number of likely N-dealkylation sites (tertiary alicyclic amines) is 1. The van der Waals surface area contributed by atoms with Crippen LogP contribution in [0.1, 0.15) is 37.8 Å². The quantitative estimate of drug-likeness (QED) is 0.885. The van der Waals surface area contributed by atoms with Crippen LogP contribution in [-0.2, 0) is 9.59 Å². The molecule has 0 radical (unpaired) electrons. The zero-order valence-electron chi connectivity index (χ0n) is 12.3. The SMILES string of the molecule is CCC1(C(=O)O)CCCN(C(=O)C(N)c2ccccc2)C1. The first-order valence-corrected chi connectivity index (χ1v) is 7.33. The summed E-state index contributed by atoms with van der Waals surface area (Å²) >= 11 is 0. The normalized spacial score (nSPS) is 23.6. The fourth-order valence-electron chi connectivity index (χ4n) is 2.93. The second kappa shape index (κ2) is 6.26. The van der Waals surface area contributed by atoms with Gasteiger partial charge in [-0.1, -0.05) is 37.3 Å². The smallest absolute Gasteiger partial charge is 0.311 e. The third-order valence-electron chi connectivity index (χ3n) is 4.44. The number of carboxylic acids is 1. The summed E-state index contributed by atoms with van der Waals surface area (Å²) in [5.41, 5.74) is 5.96. The van der Waals surface area contributed by atoms with E-state index in [4.69, 9.17) is 5.73 Å². The fraction of sp³-hybridized carbons (Fsp3) is 0.500. The predicted molar refractivity (Wildman–Crippen MR) is 79.5 cm³/mol. The predicted octanol–water partition coefficient (Wildman–Crippen LogP) is 1.79. The van der Waals surface area contributed by atoms with Crippen molar-refractivity contribution in [2.45, 2.75) is 32.2 Å². The van der Waals surface area contributed by atoms with Crippen LogP contribution in [0.3, 0.4) is 0 Å². The van der Waals surface area contributed by atoms with E-state index in [1.165, 1.54) is 0 Å². The van der Waals surface area contributed by atoms with Gasteiger partial charge in [-0.3, -0.25) is 9.59 Å². The summed E-state index contributed by atoms with van der Waals surface area (Å²) < 4.78 is 0. The lowest BCUT2D eigenvalue weighted by molar-refractivity contribution is -0.155. The van der Waals surface area contributed by atoms with Gasteiger partial charge in [-0.2, -0.15) is 0 Å². The molecule has 2 rings (SSSR count). The minimum absolute atomic E-state index is 0.194. The molecule has 3 N–H and O–H groups in total. The van der Waals surface area contributed by atoms with Crippen molar-refractivity contribution in [3.8, 4) is 0 Å². The van der Waals surface area contributed by atoms with Gasteiger partial charge in [0.25, 0.3) is 0 Å². The highest BCUT2D eigenvalue weighted by Gasteiger charge is 2.42. The van der Waals surface area contributed by atoms with Crippen LogP contribution < -0.4 is 5.73 Å². The molecular formula is C16H22N2O3. The van der Waals surface area contributed by atoms with E-state index in [9.17, 15) is 14.7 Å². The van der Waals surface area contributed by atoms with Crippen LogP contribution >= 0.6 is 0 Å². The van der Waals surface area contributed by atoms with E-state index in [-0.39, 0.29) is 12.5 Å². The lowest BCUT2D eigenvalue weighted by Gasteiger charge is -2.40. The lowest BCUT2D eigenvalue weighted by Crippen LogP contribution is -2.51. The standard InChI is InChI=1S/C16H22N2O3/c1-2-16(15(20)21)9-6-10-18(11-16)14(19)13(17)12-7-4-3-5-8-12/h3-5,7-8,13H,2,6,9-11,17H2,1H3,(H,20,21). The molecule has 1 aromatic carbocycles. The summed E-state index contributed by atoms with van der Waals surface area (Å²) in [5, 5.41) is 9.47. The molecule has 1 fully saturated rings. The molecule has 2 unspecified atom stereocenters. The fourth-order valence-corrected chi connectivity index (χ4v) is 2.93. The molecule has 0 spiro atoms. The molecule has 1 heterocycles. The maximum Gasteiger partial charge on any atom is 0.311 e. The maximum absolute atomic E-state index is 12.5. The van der Waals surface area contributed by atoms with E-state index in [1.54, 1.807) is 4.90 Å². The monoisotopic (exact) mass is 290 g/mol. The van der Waals surface area contributed by atoms with Gasteiger partial charge in [-0.25, -0.2) is 0 Å². The van der Waals surface area contributed by atoms with Crippen LogP contribution in [0.15, 0.2) is 30.3 Å². The summed E-state index contributed by atoms with van der Waals surface area (Å²) in [7, 11) is 0. The van der Waals surface area contributed by atoms with Crippen molar-refractivity contribution in [3.63, 3.8) is 0 Å². The van der Waals surface area contributed by atoms with Crippen molar-refractivity contribution in [1.82, 2.24) is 4.90 Å². The third-order valence-corrected chi connectivity index (χ3v) is 4.44. The number of aliphatic carboxylic acids is 1. The average Bonchev–Trinajstić information content (AvgIpc) is 2.54. The Kier molecular flexibility index (Phi) is 4.63. The average molecular weight is 290 g/mol. The summed E-state index contributed by atoms with van der Waals surface area (Å²) in [4.78, 5) is 25.7. The van der Waals surface area contributed by atoms with Crippen molar-refractivity contribution in [1.29, 1.82) is 0 Å². The first-order chi connectivity index (χ1) is 10.00. The summed E-state index contributed by atoms with van der Waals surface area (Å²) in [6.45, 7) is 2.69. The summed E-state index contributed by atoms with van der Waals surface area (Å²) in [6, 6.07) is 8.45. The molecule has 114 valence electrons. The van der Waals surface area contributed by atoms with Gasteiger partial charge in [0.1, 0.15) is 6.04 Å². The number of carboxylic acid groups (broad SMARTS) is 1. The highest BCUT2D eigenvalue weighted by atomic mass is 16.4. The van der Waals surface area contributed by atoms with Crippen LogP contribution in [0.25, 0.3) is 0 Å². The highest BCUT2D eigenvalue weighted by molar-refractivity contribution is 5.84. The second-order valence-electron chi connectivity index (χ2n) is 5.69. The number of amides is 1. The molecule has 1 aliphatic heterocycles. The van der Waals surface area contributed by atoms with Gasteiger partial charge in [0.05, 0.1) is 5.41 Å². The van der Waals surface area contributed by atoms with Crippen LogP contribution in [0, 0.1) is 5.41 Å². The Balaban J connectivity index is 2.14. The minimum Gasteiger partial charge on any atom is -0.481 e. The number of nitrogens with two attached hydrogens (primary N) is 1. The van der Waals surface area contributed by atoms with Crippen molar-refractivity contribution in [2.24, 2.45) is 11.1 Å². The van der Waals surface area contributed by atoms with E-state index in [2.05, 4.69) is 0 Å². The second-order valence-corrected chi connectivity index (χ2v) is 5.69. The third kappa shape index (κ3) is 3.08. The van der Waals surface area contributed by atoms with Crippen molar-refractivity contribution < 1.29 is 14.7 Å². The Bertz CT molecular complexity index is 518. The van der Waals surface area contributed by atoms with Gasteiger partial charge >= 0.3 is 5.97 Å². The van der Waals surface area contributed by atoms with Gasteiger partial charge < -0.3 is 15.7 Å². The number of nitrogens with zero attached hydrogens (tertiary/aromatic N) is 1. The number of piperidine rings is 1. The van der Waals surface area contributed by atoms with E-state index >= 15 is 0 Å². The van der Waals surface area contributed by atoms with Gasteiger partial charge in [0.15, 0.2) is 0 Å². The molecule has 1 aromatic rings. The number of hydrogen-bond donors (Lipinski definition) is 2. The zero-order chi connectivity index (χ0) is 15.5. The first kappa shape index (κ1) is 15.5. The van der Waals surface area contributed by atoms with E-state index < -0.39 is 17.4 Å². The lowest BCUT2D eigenvalue weighted by atomic mass is 9.77. The van der Waals surface area contributed by atoms with Gasteiger partial charge in [0.2, 0.25) is 5.91 Å². The molecule has 5 nitrogen and oxygen atoms in total. The minimum atomic E-state index is -0.829. The first-order valence-electron chi connectivity index (χ1n) is 7.33. The van der Waals surface area contributed by atoms with Crippen molar-refractivity contribution in [2.75, 3.05) is 13.1 Å². The molecule has 0 aliphatic carbocycles. The number of hydrogen-bond acceptors (Lipinski definition) is 3.